The summed E-state index contributed by atoms with van der Waals surface area (Å²) in [5.74, 6) is 0.603. The maximum atomic E-state index is 11.5. The van der Waals surface area contributed by atoms with E-state index in [0.29, 0.717) is 18.9 Å². The second-order valence-corrected chi connectivity index (χ2v) is 5.83. The number of nitrogens with two attached hydrogens (primary N) is 1. The fourth-order valence-electron chi connectivity index (χ4n) is 1.00. The molecule has 3 N–H and O–H groups in total. The van der Waals surface area contributed by atoms with Gasteiger partial charge in [-0.05, 0) is 18.8 Å². The molecule has 0 aromatic heterocycles. The van der Waals surface area contributed by atoms with Crippen LogP contribution in [0.15, 0.2) is 0 Å². The van der Waals surface area contributed by atoms with Gasteiger partial charge < -0.3 is 5.73 Å². The zero-order valence-corrected chi connectivity index (χ0v) is 10.1. The second-order valence-electron chi connectivity index (χ2n) is 3.96. The summed E-state index contributed by atoms with van der Waals surface area (Å²) in [6.45, 7) is 6.30. The molecule has 0 aliphatic heterocycles. The van der Waals surface area contributed by atoms with Crippen LogP contribution in [0.25, 0.3) is 0 Å². The first-order valence-electron chi connectivity index (χ1n) is 5.11. The van der Waals surface area contributed by atoms with Crippen LogP contribution < -0.4 is 10.5 Å². The average Bonchev–Trinajstić information content (AvgIpc) is 2.11. The Morgan fingerprint density at radius 2 is 1.93 bits per heavy atom. The van der Waals surface area contributed by atoms with Crippen molar-refractivity contribution in [2.75, 3.05) is 12.3 Å². The van der Waals surface area contributed by atoms with Gasteiger partial charge in [0, 0.05) is 12.6 Å². The molecule has 0 rings (SSSR count). The molecule has 1 atom stereocenters. The molecular formula is C9H22N2O2S. The van der Waals surface area contributed by atoms with Gasteiger partial charge in [-0.2, -0.15) is 0 Å². The molecule has 0 bridgehead atoms. The minimum atomic E-state index is -3.13. The summed E-state index contributed by atoms with van der Waals surface area (Å²) >= 11 is 0. The lowest BCUT2D eigenvalue weighted by Gasteiger charge is -2.15. The van der Waals surface area contributed by atoms with E-state index in [2.05, 4.69) is 4.72 Å². The highest BCUT2D eigenvalue weighted by Gasteiger charge is 2.15. The normalized spacial score (nSPS) is 14.6. The fraction of sp³-hybridized carbons (Fsp3) is 1.00. The monoisotopic (exact) mass is 222 g/mol. The summed E-state index contributed by atoms with van der Waals surface area (Å²) in [7, 11) is -3.13. The van der Waals surface area contributed by atoms with Gasteiger partial charge in [-0.1, -0.05) is 20.8 Å². The van der Waals surface area contributed by atoms with Gasteiger partial charge in [-0.25, -0.2) is 13.1 Å². The maximum absolute atomic E-state index is 11.5. The van der Waals surface area contributed by atoms with Crippen LogP contribution in [-0.4, -0.2) is 26.8 Å². The van der Waals surface area contributed by atoms with Crippen molar-refractivity contribution in [3.8, 4) is 0 Å². The van der Waals surface area contributed by atoms with Crippen LogP contribution in [0.5, 0.6) is 0 Å². The predicted molar refractivity (Wildman–Crippen MR) is 59.5 cm³/mol. The molecule has 1 unspecified atom stereocenters. The molecular weight excluding hydrogens is 200 g/mol. The SMILES string of the molecule is CCC(CN)NS(=O)(=O)CCC(C)C. The summed E-state index contributed by atoms with van der Waals surface area (Å²) in [4.78, 5) is 0. The van der Waals surface area contributed by atoms with Crippen molar-refractivity contribution in [1.29, 1.82) is 0 Å². The summed E-state index contributed by atoms with van der Waals surface area (Å²) in [6.07, 6.45) is 1.42. The minimum Gasteiger partial charge on any atom is -0.329 e. The lowest BCUT2D eigenvalue weighted by molar-refractivity contribution is 0.531. The van der Waals surface area contributed by atoms with Gasteiger partial charge in [0.1, 0.15) is 0 Å². The molecule has 0 fully saturated rings. The summed E-state index contributed by atoms with van der Waals surface area (Å²) in [6, 6.07) is -0.118. The number of sulfonamides is 1. The van der Waals surface area contributed by atoms with Crippen molar-refractivity contribution in [3.05, 3.63) is 0 Å². The number of hydrogen-bond acceptors (Lipinski definition) is 3. The van der Waals surface area contributed by atoms with E-state index < -0.39 is 10.0 Å². The Labute approximate surface area is 87.3 Å². The van der Waals surface area contributed by atoms with Crippen molar-refractivity contribution in [2.24, 2.45) is 11.7 Å². The smallest absolute Gasteiger partial charge is 0.211 e. The highest BCUT2D eigenvalue weighted by Crippen LogP contribution is 2.03. The van der Waals surface area contributed by atoms with Crippen LogP contribution >= 0.6 is 0 Å². The van der Waals surface area contributed by atoms with E-state index in [4.69, 9.17) is 5.73 Å². The van der Waals surface area contributed by atoms with Crippen molar-refractivity contribution in [3.63, 3.8) is 0 Å². The van der Waals surface area contributed by atoms with Gasteiger partial charge in [0.15, 0.2) is 0 Å². The van der Waals surface area contributed by atoms with Crippen molar-refractivity contribution < 1.29 is 8.42 Å². The van der Waals surface area contributed by atoms with E-state index >= 15 is 0 Å². The highest BCUT2D eigenvalue weighted by atomic mass is 32.2. The maximum Gasteiger partial charge on any atom is 0.211 e. The third-order valence-corrected chi connectivity index (χ3v) is 3.55. The molecule has 0 amide bonds. The third-order valence-electron chi connectivity index (χ3n) is 2.09. The standard InChI is InChI=1S/C9H22N2O2S/c1-4-9(7-10)11-14(12,13)6-5-8(2)3/h8-9,11H,4-7,10H2,1-3H3. The Hall–Kier alpha value is -0.130. The summed E-state index contributed by atoms with van der Waals surface area (Å²) in [5, 5.41) is 0. The Bertz CT molecular complexity index is 233. The van der Waals surface area contributed by atoms with E-state index in [1.807, 2.05) is 20.8 Å². The van der Waals surface area contributed by atoms with E-state index in [1.54, 1.807) is 0 Å². The van der Waals surface area contributed by atoms with Gasteiger partial charge in [0.25, 0.3) is 0 Å². The molecule has 0 heterocycles. The first-order chi connectivity index (χ1) is 6.41. The molecule has 0 aromatic carbocycles. The molecule has 0 saturated heterocycles. The highest BCUT2D eigenvalue weighted by molar-refractivity contribution is 7.89. The van der Waals surface area contributed by atoms with Gasteiger partial charge in [0.2, 0.25) is 10.0 Å². The van der Waals surface area contributed by atoms with Crippen LogP contribution in [0.3, 0.4) is 0 Å². The van der Waals surface area contributed by atoms with Crippen LogP contribution in [0.2, 0.25) is 0 Å². The summed E-state index contributed by atoms with van der Waals surface area (Å²) in [5.41, 5.74) is 5.42. The van der Waals surface area contributed by atoms with E-state index in [-0.39, 0.29) is 11.8 Å². The van der Waals surface area contributed by atoms with Crippen LogP contribution in [0, 0.1) is 5.92 Å². The van der Waals surface area contributed by atoms with E-state index in [1.165, 1.54) is 0 Å². The molecule has 0 aliphatic rings. The largest absolute Gasteiger partial charge is 0.329 e. The topological polar surface area (TPSA) is 72.2 Å². The quantitative estimate of drug-likeness (QED) is 0.665. The lowest BCUT2D eigenvalue weighted by atomic mass is 10.2. The molecule has 0 radical (unpaired) electrons. The molecule has 0 aliphatic carbocycles. The first kappa shape index (κ1) is 13.9. The molecule has 0 spiro atoms. The lowest BCUT2D eigenvalue weighted by Crippen LogP contribution is -2.40. The number of nitrogens with one attached hydrogen (secondary N) is 1. The Kier molecular flexibility index (Phi) is 6.31. The van der Waals surface area contributed by atoms with Crippen molar-refractivity contribution in [1.82, 2.24) is 4.72 Å². The van der Waals surface area contributed by atoms with Crippen LogP contribution in [0.1, 0.15) is 33.6 Å². The average molecular weight is 222 g/mol. The van der Waals surface area contributed by atoms with Gasteiger partial charge in [0.05, 0.1) is 5.75 Å². The third kappa shape index (κ3) is 6.34. The molecule has 4 nitrogen and oxygen atoms in total. The van der Waals surface area contributed by atoms with E-state index in [9.17, 15) is 8.42 Å². The van der Waals surface area contributed by atoms with Crippen molar-refractivity contribution in [2.45, 2.75) is 39.7 Å². The van der Waals surface area contributed by atoms with Gasteiger partial charge in [-0.3, -0.25) is 0 Å². The summed E-state index contributed by atoms with van der Waals surface area (Å²) < 4.78 is 25.6. The van der Waals surface area contributed by atoms with Crippen LogP contribution in [0.4, 0.5) is 0 Å². The number of rotatable bonds is 7. The number of hydrogen-bond donors (Lipinski definition) is 2. The Balaban J connectivity index is 4.06. The fourth-order valence-corrected chi connectivity index (χ4v) is 2.67. The first-order valence-corrected chi connectivity index (χ1v) is 6.76. The zero-order valence-electron chi connectivity index (χ0n) is 9.29. The molecule has 0 saturated carbocycles. The second kappa shape index (κ2) is 6.37. The predicted octanol–water partition coefficient (Wildman–Crippen LogP) is 0.689. The molecule has 0 aromatic rings. The molecule has 14 heavy (non-hydrogen) atoms. The van der Waals surface area contributed by atoms with Crippen LogP contribution in [-0.2, 0) is 10.0 Å². The van der Waals surface area contributed by atoms with E-state index in [0.717, 1.165) is 6.42 Å². The molecule has 86 valence electrons. The Morgan fingerprint density at radius 3 is 2.29 bits per heavy atom. The van der Waals surface area contributed by atoms with Crippen molar-refractivity contribution >= 4 is 10.0 Å². The minimum absolute atomic E-state index is 0.118. The molecule has 5 heteroatoms. The zero-order chi connectivity index (χ0) is 11.2. The van der Waals surface area contributed by atoms with Gasteiger partial charge in [-0.15, -0.1) is 0 Å². The van der Waals surface area contributed by atoms with Gasteiger partial charge >= 0.3 is 0 Å². The Morgan fingerprint density at radius 1 is 1.36 bits per heavy atom.